The Labute approximate surface area is 96.3 Å². The third-order valence-corrected chi connectivity index (χ3v) is 2.68. The van der Waals surface area contributed by atoms with E-state index in [0.717, 1.165) is 19.6 Å². The topological polar surface area (TPSA) is 15.3 Å². The summed E-state index contributed by atoms with van der Waals surface area (Å²) < 4.78 is 0. The smallest absolute Gasteiger partial charge is 0.0167 e. The maximum atomic E-state index is 3.36. The summed E-state index contributed by atoms with van der Waals surface area (Å²) in [6.07, 6.45) is 4.45. The lowest BCUT2D eigenvalue weighted by atomic mass is 10.2. The summed E-state index contributed by atoms with van der Waals surface area (Å²) in [5.74, 6) is 0. The molecule has 0 amide bonds. The van der Waals surface area contributed by atoms with Gasteiger partial charge >= 0.3 is 0 Å². The fourth-order valence-corrected chi connectivity index (χ4v) is 1.80. The number of hydrogen-bond acceptors (Lipinski definition) is 2. The maximum absolute atomic E-state index is 3.36. The molecule has 1 aliphatic rings. The molecule has 1 aromatic rings. The molecule has 3 heteroatoms. The van der Waals surface area contributed by atoms with Crippen molar-refractivity contribution in [2.75, 3.05) is 32.7 Å². The third kappa shape index (κ3) is 4.13. The second-order valence-corrected chi connectivity index (χ2v) is 3.86. The first-order valence-electron chi connectivity index (χ1n) is 5.60. The molecule has 0 atom stereocenters. The van der Waals surface area contributed by atoms with Crippen molar-refractivity contribution in [2.24, 2.45) is 0 Å². The normalized spacial score (nSPS) is 17.2. The Morgan fingerprint density at radius 1 is 1.12 bits per heavy atom. The van der Waals surface area contributed by atoms with Gasteiger partial charge in [0.1, 0.15) is 0 Å². The van der Waals surface area contributed by atoms with Crippen LogP contribution in [0.25, 0.3) is 6.08 Å². The van der Waals surface area contributed by atoms with Gasteiger partial charge in [-0.15, -0.1) is 0 Å². The van der Waals surface area contributed by atoms with Gasteiger partial charge in [-0.2, -0.15) is 0 Å². The van der Waals surface area contributed by atoms with Gasteiger partial charge in [-0.25, -0.2) is 0 Å². The Bertz CT molecular complexity index is 305. The van der Waals surface area contributed by atoms with Crippen LogP contribution in [-0.4, -0.2) is 37.6 Å². The fourth-order valence-electron chi connectivity index (χ4n) is 1.80. The van der Waals surface area contributed by atoms with Crippen LogP contribution in [0, 0.1) is 0 Å². The summed E-state index contributed by atoms with van der Waals surface area (Å²) in [5.41, 5.74) is 1.28. The number of rotatable bonds is 3. The molecule has 1 heterocycles. The molecule has 0 spiro atoms. The van der Waals surface area contributed by atoms with Crippen LogP contribution in [0.15, 0.2) is 36.4 Å². The van der Waals surface area contributed by atoms with Crippen molar-refractivity contribution in [3.05, 3.63) is 42.0 Å². The average Bonchev–Trinajstić information content (AvgIpc) is 2.32. The van der Waals surface area contributed by atoms with Crippen molar-refractivity contribution < 1.29 is 4.70 Å². The van der Waals surface area contributed by atoms with Crippen molar-refractivity contribution in [2.45, 2.75) is 0 Å². The Balaban J connectivity index is 0.00000128. The first kappa shape index (κ1) is 12.9. The van der Waals surface area contributed by atoms with Crippen molar-refractivity contribution in [1.29, 1.82) is 0 Å². The molecule has 0 aliphatic carbocycles. The molecule has 1 fully saturated rings. The number of halogens is 1. The van der Waals surface area contributed by atoms with Crippen LogP contribution in [0.4, 0.5) is 4.70 Å². The molecule has 16 heavy (non-hydrogen) atoms. The summed E-state index contributed by atoms with van der Waals surface area (Å²) in [7, 11) is 0. The zero-order chi connectivity index (χ0) is 10.3. The molecular formula is C13H19FN2. The van der Waals surface area contributed by atoms with Gasteiger partial charge in [-0.3, -0.25) is 9.60 Å². The van der Waals surface area contributed by atoms with Gasteiger partial charge in [0, 0.05) is 32.7 Å². The fraction of sp³-hybridized carbons (Fsp3) is 0.385. The molecule has 0 bridgehead atoms. The second-order valence-electron chi connectivity index (χ2n) is 3.86. The number of benzene rings is 1. The summed E-state index contributed by atoms with van der Waals surface area (Å²) in [4.78, 5) is 2.47. The van der Waals surface area contributed by atoms with Crippen molar-refractivity contribution in [3.63, 3.8) is 0 Å². The highest BCUT2D eigenvalue weighted by Crippen LogP contribution is 2.01. The van der Waals surface area contributed by atoms with Gasteiger partial charge in [0.15, 0.2) is 0 Å². The first-order chi connectivity index (χ1) is 7.45. The van der Waals surface area contributed by atoms with Gasteiger partial charge in [-0.1, -0.05) is 42.5 Å². The van der Waals surface area contributed by atoms with E-state index in [2.05, 4.69) is 46.6 Å². The van der Waals surface area contributed by atoms with Crippen LogP contribution in [0.1, 0.15) is 5.56 Å². The molecule has 1 aromatic carbocycles. The molecule has 1 aliphatic heterocycles. The average molecular weight is 222 g/mol. The van der Waals surface area contributed by atoms with Gasteiger partial charge < -0.3 is 5.32 Å². The molecule has 0 saturated carbocycles. The number of nitrogens with zero attached hydrogens (tertiary/aromatic N) is 1. The Kier molecular flexibility index (Phi) is 5.75. The molecular weight excluding hydrogens is 203 g/mol. The van der Waals surface area contributed by atoms with Gasteiger partial charge in [0.05, 0.1) is 0 Å². The number of hydrogen-bond donors (Lipinski definition) is 1. The Morgan fingerprint density at radius 2 is 1.81 bits per heavy atom. The predicted octanol–water partition coefficient (Wildman–Crippen LogP) is 1.76. The van der Waals surface area contributed by atoms with Gasteiger partial charge in [0.2, 0.25) is 0 Å². The zero-order valence-corrected chi connectivity index (χ0v) is 9.43. The van der Waals surface area contributed by atoms with E-state index in [9.17, 15) is 0 Å². The zero-order valence-electron chi connectivity index (χ0n) is 9.43. The van der Waals surface area contributed by atoms with Crippen LogP contribution in [0.2, 0.25) is 0 Å². The van der Waals surface area contributed by atoms with E-state index in [1.807, 2.05) is 6.07 Å². The van der Waals surface area contributed by atoms with E-state index in [-0.39, 0.29) is 4.70 Å². The highest BCUT2D eigenvalue weighted by Gasteiger charge is 2.06. The lowest BCUT2D eigenvalue weighted by Gasteiger charge is -2.25. The van der Waals surface area contributed by atoms with Crippen LogP contribution >= 0.6 is 0 Å². The minimum Gasteiger partial charge on any atom is -0.314 e. The van der Waals surface area contributed by atoms with Gasteiger partial charge in [-0.05, 0) is 5.56 Å². The van der Waals surface area contributed by atoms with Crippen LogP contribution in [0.3, 0.4) is 0 Å². The van der Waals surface area contributed by atoms with E-state index in [4.69, 9.17) is 0 Å². The van der Waals surface area contributed by atoms with Crippen molar-refractivity contribution in [1.82, 2.24) is 10.2 Å². The molecule has 0 radical (unpaired) electrons. The molecule has 0 aromatic heterocycles. The monoisotopic (exact) mass is 222 g/mol. The summed E-state index contributed by atoms with van der Waals surface area (Å²) in [6, 6.07) is 10.5. The van der Waals surface area contributed by atoms with E-state index in [1.165, 1.54) is 18.7 Å². The Morgan fingerprint density at radius 3 is 2.50 bits per heavy atom. The van der Waals surface area contributed by atoms with E-state index >= 15 is 0 Å². The maximum Gasteiger partial charge on any atom is 0.0167 e. The van der Waals surface area contributed by atoms with Crippen molar-refractivity contribution >= 4 is 6.08 Å². The van der Waals surface area contributed by atoms with Crippen LogP contribution in [-0.2, 0) is 0 Å². The van der Waals surface area contributed by atoms with Crippen LogP contribution < -0.4 is 5.32 Å². The first-order valence-corrected chi connectivity index (χ1v) is 5.60. The Hall–Kier alpha value is -1.19. The van der Waals surface area contributed by atoms with E-state index in [1.54, 1.807) is 0 Å². The highest BCUT2D eigenvalue weighted by molar-refractivity contribution is 5.48. The minimum absolute atomic E-state index is 0. The van der Waals surface area contributed by atoms with E-state index < -0.39 is 0 Å². The quantitative estimate of drug-likeness (QED) is 0.838. The molecule has 2 rings (SSSR count). The summed E-state index contributed by atoms with van der Waals surface area (Å²) in [5, 5.41) is 3.36. The van der Waals surface area contributed by atoms with E-state index in [0.29, 0.717) is 0 Å². The summed E-state index contributed by atoms with van der Waals surface area (Å²) in [6.45, 7) is 5.65. The molecule has 1 N–H and O–H groups in total. The van der Waals surface area contributed by atoms with Crippen molar-refractivity contribution in [3.8, 4) is 0 Å². The lowest BCUT2D eigenvalue weighted by Crippen LogP contribution is -2.43. The largest absolute Gasteiger partial charge is 0.314 e. The molecule has 0 unspecified atom stereocenters. The SMILES string of the molecule is C(=Cc1ccccc1)CN1CCNCC1.F. The minimum atomic E-state index is 0. The number of nitrogens with one attached hydrogen (secondary N) is 1. The standard InChI is InChI=1S/C13H18N2.FH/c1-2-5-13(6-3-1)7-4-10-15-11-8-14-9-12-15;/h1-7,14H,8-12H2;1H. The molecule has 1 saturated heterocycles. The predicted molar refractivity (Wildman–Crippen MR) is 67.3 cm³/mol. The van der Waals surface area contributed by atoms with Crippen LogP contribution in [0.5, 0.6) is 0 Å². The highest BCUT2D eigenvalue weighted by atomic mass is 19.0. The lowest BCUT2D eigenvalue weighted by molar-refractivity contribution is 0.265. The summed E-state index contributed by atoms with van der Waals surface area (Å²) >= 11 is 0. The number of piperazine rings is 1. The second kappa shape index (κ2) is 7.14. The molecule has 88 valence electrons. The van der Waals surface area contributed by atoms with Gasteiger partial charge in [0.25, 0.3) is 0 Å². The molecule has 2 nitrogen and oxygen atoms in total. The third-order valence-electron chi connectivity index (χ3n) is 2.68.